The fourth-order valence-electron chi connectivity index (χ4n) is 2.10. The maximum absolute atomic E-state index is 12.5. The van der Waals surface area contributed by atoms with Crippen LogP contribution in [0.2, 0.25) is 0 Å². The summed E-state index contributed by atoms with van der Waals surface area (Å²) in [4.78, 5) is 35.2. The molecule has 7 nitrogen and oxygen atoms in total. The van der Waals surface area contributed by atoms with E-state index in [1.807, 2.05) is 6.07 Å². The normalized spacial score (nSPS) is 11.5. The molecule has 0 saturated heterocycles. The predicted molar refractivity (Wildman–Crippen MR) is 79.6 cm³/mol. The van der Waals surface area contributed by atoms with E-state index in [4.69, 9.17) is 5.26 Å². The molecule has 0 saturated carbocycles. The quantitative estimate of drug-likeness (QED) is 0.560. The number of rotatable bonds is 3. The summed E-state index contributed by atoms with van der Waals surface area (Å²) in [7, 11) is -4.58. The Balaban J connectivity index is 2.21. The number of para-hydroxylation sites is 1. The summed E-state index contributed by atoms with van der Waals surface area (Å²) in [5, 5.41) is 10.7. The number of carbonyl (C=O) groups is 1. The van der Waals surface area contributed by atoms with Crippen molar-refractivity contribution in [1.29, 1.82) is 5.26 Å². The van der Waals surface area contributed by atoms with Gasteiger partial charge in [0.1, 0.15) is 6.07 Å². The minimum atomic E-state index is -4.58. The first-order chi connectivity index (χ1) is 10.4. The van der Waals surface area contributed by atoms with E-state index in [0.29, 0.717) is 5.39 Å². The van der Waals surface area contributed by atoms with Crippen molar-refractivity contribution in [1.82, 2.24) is 9.32 Å². The number of aromatic nitrogens is 2. The van der Waals surface area contributed by atoms with Crippen molar-refractivity contribution in [3.63, 3.8) is 0 Å². The number of hydrogen-bond acceptors (Lipinski definition) is 5. The van der Waals surface area contributed by atoms with Crippen molar-refractivity contribution in [2.45, 2.75) is 0 Å². The minimum Gasteiger partial charge on any atom is -0.308 e. The first kappa shape index (κ1) is 14.6. The van der Waals surface area contributed by atoms with Crippen LogP contribution in [0.3, 0.4) is 0 Å². The van der Waals surface area contributed by atoms with E-state index in [9.17, 15) is 19.1 Å². The van der Waals surface area contributed by atoms with Crippen LogP contribution in [-0.4, -0.2) is 24.9 Å². The second-order valence-electron chi connectivity index (χ2n) is 4.40. The molecule has 22 heavy (non-hydrogen) atoms. The summed E-state index contributed by atoms with van der Waals surface area (Å²) >= 11 is 1.02. The van der Waals surface area contributed by atoms with Crippen LogP contribution in [-0.2, 0) is 4.57 Å². The molecule has 0 aliphatic carbocycles. The molecule has 0 radical (unpaired) electrons. The minimum absolute atomic E-state index is 0.102. The van der Waals surface area contributed by atoms with E-state index in [1.54, 1.807) is 18.2 Å². The molecule has 3 aromatic rings. The van der Waals surface area contributed by atoms with Gasteiger partial charge in [-0.3, -0.25) is 9.13 Å². The lowest BCUT2D eigenvalue weighted by molar-refractivity contribution is 0.104. The predicted octanol–water partition coefficient (Wildman–Crippen LogP) is 2.14. The highest BCUT2D eigenvalue weighted by atomic mass is 32.1. The molecule has 2 aromatic heterocycles. The highest BCUT2D eigenvalue weighted by Crippen LogP contribution is 2.42. The molecule has 110 valence electrons. The first-order valence-corrected chi connectivity index (χ1v) is 8.43. The van der Waals surface area contributed by atoms with Gasteiger partial charge in [0.25, 0.3) is 0 Å². The van der Waals surface area contributed by atoms with Crippen molar-refractivity contribution in [3.05, 3.63) is 52.1 Å². The van der Waals surface area contributed by atoms with Crippen molar-refractivity contribution in [2.75, 3.05) is 0 Å². The number of benzene rings is 1. The zero-order valence-electron chi connectivity index (χ0n) is 10.9. The molecule has 0 unspecified atom stereocenters. The topological polar surface area (TPSA) is 116 Å². The number of fused-ring (bicyclic) bond motifs is 1. The van der Waals surface area contributed by atoms with Gasteiger partial charge in [0, 0.05) is 17.0 Å². The summed E-state index contributed by atoms with van der Waals surface area (Å²) < 4.78 is 12.3. The van der Waals surface area contributed by atoms with Crippen LogP contribution in [0.5, 0.6) is 0 Å². The van der Waals surface area contributed by atoms with Crippen LogP contribution in [0.4, 0.5) is 0 Å². The zero-order valence-corrected chi connectivity index (χ0v) is 12.6. The summed E-state index contributed by atoms with van der Waals surface area (Å²) in [5.41, 5.74) is 0.529. The molecule has 1 aromatic carbocycles. The van der Waals surface area contributed by atoms with Gasteiger partial charge in [0.2, 0.25) is 5.78 Å². The Morgan fingerprint density at radius 1 is 1.36 bits per heavy atom. The summed E-state index contributed by atoms with van der Waals surface area (Å²) in [6, 6.07) is 8.26. The van der Waals surface area contributed by atoms with Crippen molar-refractivity contribution >= 4 is 35.8 Å². The number of carbonyl (C=O) groups excluding carboxylic acids is 1. The molecule has 2 N–H and O–H groups in total. The van der Waals surface area contributed by atoms with Gasteiger partial charge in [-0.2, -0.15) is 5.26 Å². The maximum atomic E-state index is 12.5. The van der Waals surface area contributed by atoms with Gasteiger partial charge in [-0.1, -0.05) is 18.2 Å². The van der Waals surface area contributed by atoms with E-state index in [1.165, 1.54) is 11.4 Å². The summed E-state index contributed by atoms with van der Waals surface area (Å²) in [6.07, 6.45) is 1.13. The van der Waals surface area contributed by atoms with Crippen LogP contribution in [0.15, 0.2) is 35.8 Å². The standard InChI is InChI=1S/C13H8N3O4PS/c14-5-8-7-22-13(15-8)12(17)10-6-16(21(18,19)20)11-4-2-1-3-9(10)11/h1-4,6-7H,(H2,18,19,20). The van der Waals surface area contributed by atoms with E-state index in [2.05, 4.69) is 4.98 Å². The Hall–Kier alpha value is -2.30. The first-order valence-electron chi connectivity index (χ1n) is 5.98. The molecule has 0 aliphatic rings. The third-order valence-corrected chi connectivity index (χ3v) is 4.76. The lowest BCUT2D eigenvalue weighted by atomic mass is 10.1. The zero-order chi connectivity index (χ0) is 15.9. The highest BCUT2D eigenvalue weighted by molar-refractivity contribution is 7.50. The largest absolute Gasteiger partial charge is 0.434 e. The second-order valence-corrected chi connectivity index (χ2v) is 6.71. The smallest absolute Gasteiger partial charge is 0.308 e. The second kappa shape index (κ2) is 5.16. The van der Waals surface area contributed by atoms with E-state index >= 15 is 0 Å². The van der Waals surface area contributed by atoms with E-state index < -0.39 is 13.5 Å². The van der Waals surface area contributed by atoms with E-state index in [-0.39, 0.29) is 21.8 Å². The van der Waals surface area contributed by atoms with Gasteiger partial charge in [0.05, 0.1) is 11.1 Å². The fraction of sp³-hybridized carbons (Fsp3) is 0. The van der Waals surface area contributed by atoms with Gasteiger partial charge >= 0.3 is 7.75 Å². The molecule has 0 aliphatic heterocycles. The Labute approximate surface area is 128 Å². The van der Waals surface area contributed by atoms with Crippen LogP contribution in [0.1, 0.15) is 21.1 Å². The molecule has 3 rings (SSSR count). The lowest BCUT2D eigenvalue weighted by Crippen LogP contribution is -2.00. The van der Waals surface area contributed by atoms with E-state index in [0.717, 1.165) is 21.9 Å². The molecule has 0 spiro atoms. The Morgan fingerprint density at radius 2 is 2.09 bits per heavy atom. The van der Waals surface area contributed by atoms with Gasteiger partial charge in [-0.25, -0.2) is 9.55 Å². The Morgan fingerprint density at radius 3 is 2.73 bits per heavy atom. The van der Waals surface area contributed by atoms with Gasteiger partial charge in [0.15, 0.2) is 10.7 Å². The molecular formula is C13H8N3O4PS. The summed E-state index contributed by atoms with van der Waals surface area (Å²) in [6.45, 7) is 0. The monoisotopic (exact) mass is 333 g/mol. The van der Waals surface area contributed by atoms with Gasteiger partial charge in [-0.15, -0.1) is 11.3 Å². The third-order valence-electron chi connectivity index (χ3n) is 3.03. The van der Waals surface area contributed by atoms with Crippen LogP contribution >= 0.6 is 19.1 Å². The number of thiazole rings is 1. The average Bonchev–Trinajstić information content (AvgIpc) is 3.10. The molecule has 0 fully saturated rings. The molecule has 0 amide bonds. The molecule has 0 bridgehead atoms. The molecule has 0 atom stereocenters. The van der Waals surface area contributed by atoms with Crippen molar-refractivity contribution < 1.29 is 19.1 Å². The lowest BCUT2D eigenvalue weighted by Gasteiger charge is -2.05. The number of nitriles is 1. The molecule has 9 heteroatoms. The molecular weight excluding hydrogens is 325 g/mol. The van der Waals surface area contributed by atoms with Crippen LogP contribution < -0.4 is 0 Å². The number of hydrogen-bond donors (Lipinski definition) is 2. The van der Waals surface area contributed by atoms with Crippen LogP contribution in [0.25, 0.3) is 10.9 Å². The van der Waals surface area contributed by atoms with Crippen molar-refractivity contribution in [3.8, 4) is 6.07 Å². The fourth-order valence-corrected chi connectivity index (χ4v) is 3.52. The Kier molecular flexibility index (Phi) is 3.43. The summed E-state index contributed by atoms with van der Waals surface area (Å²) in [5.74, 6) is -0.477. The third kappa shape index (κ3) is 2.36. The highest BCUT2D eigenvalue weighted by Gasteiger charge is 2.25. The number of ketones is 1. The van der Waals surface area contributed by atoms with Crippen LogP contribution in [0, 0.1) is 11.3 Å². The Bertz CT molecular complexity index is 979. The van der Waals surface area contributed by atoms with Crippen molar-refractivity contribution in [2.24, 2.45) is 0 Å². The average molecular weight is 333 g/mol. The van der Waals surface area contributed by atoms with Gasteiger partial charge < -0.3 is 9.79 Å². The maximum Gasteiger partial charge on any atom is 0.434 e. The van der Waals surface area contributed by atoms with Gasteiger partial charge in [-0.05, 0) is 6.07 Å². The molecule has 2 heterocycles. The SMILES string of the molecule is N#Cc1csc(C(=O)c2cn(P(=O)(O)O)c3ccccc23)n1. The number of nitrogens with zero attached hydrogens (tertiary/aromatic N) is 3.